The largest absolute Gasteiger partial charge is 0.334 e. The van der Waals surface area contributed by atoms with Gasteiger partial charge < -0.3 is 9.47 Å². The van der Waals surface area contributed by atoms with Crippen molar-refractivity contribution < 1.29 is 9.18 Å². The second-order valence-electron chi connectivity index (χ2n) is 10.0. The summed E-state index contributed by atoms with van der Waals surface area (Å²) in [5.74, 6) is -0.133. The molecule has 2 aromatic heterocycles. The van der Waals surface area contributed by atoms with E-state index in [9.17, 15) is 9.18 Å². The predicted octanol–water partition coefficient (Wildman–Crippen LogP) is 5.93. The number of fused-ring (bicyclic) bond motifs is 3. The fourth-order valence-electron chi connectivity index (χ4n) is 5.95. The third kappa shape index (κ3) is 3.20. The number of thiophene rings is 1. The molecular formula is C24H27FN2OS. The van der Waals surface area contributed by atoms with E-state index < -0.39 is 0 Å². The normalized spacial score (nSPS) is 25.7. The fourth-order valence-corrected chi connectivity index (χ4v) is 6.85. The molecule has 1 amide bonds. The summed E-state index contributed by atoms with van der Waals surface area (Å²) >= 11 is 1.61. The summed E-state index contributed by atoms with van der Waals surface area (Å²) in [5, 5.41) is 3.09. The van der Waals surface area contributed by atoms with Crippen molar-refractivity contribution in [1.29, 1.82) is 0 Å². The van der Waals surface area contributed by atoms with Gasteiger partial charge in [-0.25, -0.2) is 4.39 Å². The third-order valence-electron chi connectivity index (χ3n) is 6.68. The van der Waals surface area contributed by atoms with Crippen LogP contribution in [0.25, 0.3) is 10.2 Å². The van der Waals surface area contributed by atoms with Crippen LogP contribution in [0.3, 0.4) is 0 Å². The van der Waals surface area contributed by atoms with Gasteiger partial charge in [-0.05, 0) is 53.7 Å². The van der Waals surface area contributed by atoms with E-state index in [4.69, 9.17) is 0 Å². The minimum absolute atomic E-state index is 0.0937. The zero-order chi connectivity index (χ0) is 20.4. The number of rotatable bonds is 3. The van der Waals surface area contributed by atoms with Crippen LogP contribution in [0.15, 0.2) is 41.8 Å². The van der Waals surface area contributed by atoms with E-state index in [0.29, 0.717) is 23.8 Å². The average molecular weight is 411 g/mol. The van der Waals surface area contributed by atoms with Gasteiger partial charge in [-0.1, -0.05) is 39.0 Å². The molecule has 5 heteroatoms. The Morgan fingerprint density at radius 3 is 2.79 bits per heavy atom. The zero-order valence-corrected chi connectivity index (χ0v) is 18.1. The molecule has 2 aliphatic rings. The molecule has 1 aliphatic carbocycles. The van der Waals surface area contributed by atoms with E-state index in [1.165, 1.54) is 6.07 Å². The number of hydrogen-bond donors (Lipinski definition) is 0. The Morgan fingerprint density at radius 1 is 1.21 bits per heavy atom. The summed E-state index contributed by atoms with van der Waals surface area (Å²) in [7, 11) is 0. The first-order valence-electron chi connectivity index (χ1n) is 10.4. The summed E-state index contributed by atoms with van der Waals surface area (Å²) in [6, 6.07) is 11.2. The molecule has 0 N–H and O–H groups in total. The highest BCUT2D eigenvalue weighted by Gasteiger charge is 2.51. The van der Waals surface area contributed by atoms with E-state index in [-0.39, 0.29) is 22.6 Å². The molecule has 2 unspecified atom stereocenters. The summed E-state index contributed by atoms with van der Waals surface area (Å²) in [6.07, 6.45) is 3.30. The highest BCUT2D eigenvalue weighted by atomic mass is 32.1. The SMILES string of the molecule is CC1(C)CC2CC(C)(CN2C(=O)c2cc3ccsc3n2Cc2ccccc2F)C1. The maximum absolute atomic E-state index is 14.3. The van der Waals surface area contributed by atoms with E-state index >= 15 is 0 Å². The van der Waals surface area contributed by atoms with Crippen molar-refractivity contribution >= 4 is 27.5 Å². The Labute approximate surface area is 175 Å². The molecule has 152 valence electrons. The molecule has 2 atom stereocenters. The number of aromatic nitrogens is 1. The molecule has 2 fully saturated rings. The topological polar surface area (TPSA) is 25.2 Å². The molecule has 1 saturated heterocycles. The van der Waals surface area contributed by atoms with Gasteiger partial charge in [0, 0.05) is 23.5 Å². The Balaban J connectivity index is 1.53. The number of nitrogens with zero attached hydrogens (tertiary/aromatic N) is 2. The van der Waals surface area contributed by atoms with E-state index in [0.717, 1.165) is 36.0 Å². The summed E-state index contributed by atoms with van der Waals surface area (Å²) in [4.78, 5) is 16.9. The molecule has 1 saturated carbocycles. The smallest absolute Gasteiger partial charge is 0.270 e. The van der Waals surface area contributed by atoms with Crippen LogP contribution < -0.4 is 0 Å². The minimum Gasteiger partial charge on any atom is -0.334 e. The summed E-state index contributed by atoms with van der Waals surface area (Å²) < 4.78 is 16.4. The van der Waals surface area contributed by atoms with E-state index in [1.54, 1.807) is 23.5 Å². The molecule has 2 bridgehead atoms. The molecule has 0 radical (unpaired) electrons. The Kier molecular flexibility index (Phi) is 4.18. The maximum atomic E-state index is 14.3. The Morgan fingerprint density at radius 2 is 2.00 bits per heavy atom. The molecule has 3 heterocycles. The zero-order valence-electron chi connectivity index (χ0n) is 17.2. The van der Waals surface area contributed by atoms with Crippen LogP contribution in [0.4, 0.5) is 4.39 Å². The van der Waals surface area contributed by atoms with Crippen LogP contribution in [0, 0.1) is 16.6 Å². The quantitative estimate of drug-likeness (QED) is 0.525. The molecule has 29 heavy (non-hydrogen) atoms. The number of carbonyl (C=O) groups is 1. The van der Waals surface area contributed by atoms with Gasteiger partial charge in [-0.2, -0.15) is 0 Å². The van der Waals surface area contributed by atoms with Gasteiger partial charge in [0.15, 0.2) is 0 Å². The summed E-state index contributed by atoms with van der Waals surface area (Å²) in [5.41, 5.74) is 1.76. The lowest BCUT2D eigenvalue weighted by Gasteiger charge is -2.39. The molecule has 3 nitrogen and oxygen atoms in total. The number of benzene rings is 1. The van der Waals surface area contributed by atoms with Crippen molar-refractivity contribution in [3.05, 3.63) is 58.9 Å². The first-order valence-corrected chi connectivity index (χ1v) is 11.2. The lowest BCUT2D eigenvalue weighted by atomic mass is 9.65. The highest BCUT2D eigenvalue weighted by Crippen LogP contribution is 2.52. The maximum Gasteiger partial charge on any atom is 0.270 e. The molecule has 3 aromatic rings. The van der Waals surface area contributed by atoms with Crippen LogP contribution in [-0.4, -0.2) is 28.0 Å². The Bertz CT molecular complexity index is 1100. The molecule has 1 aliphatic heterocycles. The van der Waals surface area contributed by atoms with Crippen molar-refractivity contribution in [3.8, 4) is 0 Å². The second kappa shape index (κ2) is 6.43. The van der Waals surface area contributed by atoms with Crippen LogP contribution >= 0.6 is 11.3 Å². The predicted molar refractivity (Wildman–Crippen MR) is 116 cm³/mol. The number of likely N-dealkylation sites (tertiary alicyclic amines) is 1. The summed E-state index contributed by atoms with van der Waals surface area (Å²) in [6.45, 7) is 8.16. The van der Waals surface area contributed by atoms with Crippen molar-refractivity contribution in [2.24, 2.45) is 10.8 Å². The molecule has 0 spiro atoms. The average Bonchev–Trinajstić information content (AvgIpc) is 3.28. The number of halogens is 1. The molecule has 5 rings (SSSR count). The number of hydrogen-bond acceptors (Lipinski definition) is 2. The van der Waals surface area contributed by atoms with Gasteiger partial charge >= 0.3 is 0 Å². The van der Waals surface area contributed by atoms with Crippen molar-refractivity contribution in [2.75, 3.05) is 6.54 Å². The highest BCUT2D eigenvalue weighted by molar-refractivity contribution is 7.16. The first-order chi connectivity index (χ1) is 13.7. The lowest BCUT2D eigenvalue weighted by molar-refractivity contribution is 0.0698. The van der Waals surface area contributed by atoms with Gasteiger partial charge in [-0.3, -0.25) is 4.79 Å². The minimum atomic E-state index is -0.226. The standard InChI is InChI=1S/C24H27FN2OS/c1-23(2)11-18-12-24(3,14-23)15-27(18)21(28)20-10-16-8-9-29-22(16)26(20)13-17-6-4-5-7-19(17)25/h4-10,18H,11-15H2,1-3H3. The van der Waals surface area contributed by atoms with Crippen molar-refractivity contribution in [1.82, 2.24) is 9.47 Å². The van der Waals surface area contributed by atoms with E-state index in [2.05, 4.69) is 25.7 Å². The fraction of sp³-hybridized carbons (Fsp3) is 0.458. The van der Waals surface area contributed by atoms with Crippen LogP contribution in [-0.2, 0) is 6.54 Å². The van der Waals surface area contributed by atoms with Gasteiger partial charge in [0.1, 0.15) is 16.3 Å². The second-order valence-corrected chi connectivity index (χ2v) is 10.9. The van der Waals surface area contributed by atoms with Crippen molar-refractivity contribution in [2.45, 2.75) is 52.6 Å². The monoisotopic (exact) mass is 410 g/mol. The lowest BCUT2D eigenvalue weighted by Crippen LogP contribution is -2.38. The molecule has 1 aromatic carbocycles. The Hall–Kier alpha value is -2.14. The van der Waals surface area contributed by atoms with Gasteiger partial charge in [0.05, 0.1) is 6.54 Å². The van der Waals surface area contributed by atoms with Crippen LogP contribution in [0.5, 0.6) is 0 Å². The first kappa shape index (κ1) is 18.9. The van der Waals surface area contributed by atoms with E-state index in [1.807, 2.05) is 28.1 Å². The van der Waals surface area contributed by atoms with Crippen molar-refractivity contribution in [3.63, 3.8) is 0 Å². The molecular weight excluding hydrogens is 383 g/mol. The van der Waals surface area contributed by atoms with Gasteiger partial charge in [0.2, 0.25) is 0 Å². The van der Waals surface area contributed by atoms with Crippen LogP contribution in [0.2, 0.25) is 0 Å². The third-order valence-corrected chi connectivity index (χ3v) is 7.63. The number of carbonyl (C=O) groups excluding carboxylic acids is 1. The van der Waals surface area contributed by atoms with Crippen LogP contribution in [0.1, 0.15) is 56.1 Å². The van der Waals surface area contributed by atoms with Gasteiger partial charge in [-0.15, -0.1) is 11.3 Å². The van der Waals surface area contributed by atoms with Gasteiger partial charge in [0.25, 0.3) is 5.91 Å². The number of amides is 1.